The summed E-state index contributed by atoms with van der Waals surface area (Å²) in [5, 5.41) is 0. The van der Waals surface area contributed by atoms with Crippen molar-refractivity contribution in [3.63, 3.8) is 0 Å². The Morgan fingerprint density at radius 1 is 1.75 bits per heavy atom. The van der Waals surface area contributed by atoms with E-state index in [2.05, 4.69) is 0 Å². The van der Waals surface area contributed by atoms with Crippen LogP contribution in [0.25, 0.3) is 10.4 Å². The van der Waals surface area contributed by atoms with Gasteiger partial charge in [0.1, 0.15) is 0 Å². The van der Waals surface area contributed by atoms with Gasteiger partial charge in [-0.05, 0) is 10.4 Å². The Morgan fingerprint density at radius 2 is 1.75 bits per heavy atom. The molecule has 0 fully saturated rings. The van der Waals surface area contributed by atoms with Gasteiger partial charge >= 0.3 is 18.9 Å². The molecule has 0 unspecified atom stereocenters. The van der Waals surface area contributed by atoms with Crippen molar-refractivity contribution < 1.29 is 0 Å². The summed E-state index contributed by atoms with van der Waals surface area (Å²) in [4.78, 5) is 1.75. The summed E-state index contributed by atoms with van der Waals surface area (Å²) in [6.07, 6.45) is 0. The normalized spacial score (nSPS) is 2.00. The van der Waals surface area contributed by atoms with Crippen molar-refractivity contribution in [1.82, 2.24) is 0 Å². The molecule has 0 rings (SSSR count). The molecular weight excluding hydrogens is 49.0 g/mol. The van der Waals surface area contributed by atoms with Crippen LogP contribution in [0.4, 0.5) is 0 Å². The molecule has 3 nitrogen and oxygen atoms in total. The van der Waals surface area contributed by atoms with Crippen molar-refractivity contribution in [3.05, 3.63) is 10.4 Å². The van der Waals surface area contributed by atoms with Gasteiger partial charge in [0.2, 0.25) is 0 Å². The van der Waals surface area contributed by atoms with Gasteiger partial charge in [0.15, 0.2) is 0 Å². The van der Waals surface area contributed by atoms with E-state index in [-0.39, 0.29) is 18.9 Å². The minimum atomic E-state index is 0. The molecule has 1 N–H and O–H groups in total. The Bertz CT molecular complexity index is 24.3. The van der Waals surface area contributed by atoms with E-state index in [0.29, 0.717) is 0 Å². The van der Waals surface area contributed by atoms with E-state index in [1.54, 1.807) is 4.91 Å². The second-order valence-electron chi connectivity index (χ2n) is 0.100. The van der Waals surface area contributed by atoms with Gasteiger partial charge < -0.3 is 0 Å². The monoisotopic (exact) mass is 51.0 g/mol. The molecule has 0 atom stereocenters. The first-order valence-electron chi connectivity index (χ1n) is 0.424. The van der Waals surface area contributed by atoms with Gasteiger partial charge in [-0.25, -0.2) is 0 Å². The Labute approximate surface area is 35.6 Å². The van der Waals surface area contributed by atoms with E-state index >= 15 is 0 Å². The van der Waals surface area contributed by atoms with E-state index in [9.17, 15) is 0 Å². The molecule has 0 bridgehead atoms. The molecule has 0 saturated heterocycles. The van der Waals surface area contributed by atoms with Crippen LogP contribution in [0.3, 0.4) is 0 Å². The predicted octanol–water partition coefficient (Wildman–Crippen LogP) is 0.227. The maximum Gasteiger partial charge on any atom is -0.00208 e. The van der Waals surface area contributed by atoms with E-state index in [4.69, 9.17) is 11.1 Å². The molecule has 0 heterocycles. The molecule has 0 amide bonds. The Balaban J connectivity index is 0. The van der Waals surface area contributed by atoms with E-state index in [1.165, 1.54) is 0 Å². The largest absolute Gasteiger partial charge is 0.108 e. The molecular formula is H2LiN3. The van der Waals surface area contributed by atoms with Crippen LogP contribution in [0, 0.1) is 5.53 Å². The van der Waals surface area contributed by atoms with Crippen LogP contribution in [0.2, 0.25) is 0 Å². The molecule has 0 spiro atoms. The van der Waals surface area contributed by atoms with Crippen molar-refractivity contribution in [2.24, 2.45) is 0 Å². The minimum absolute atomic E-state index is 0. The Morgan fingerprint density at radius 3 is 1.75 bits per heavy atom. The SMILES string of the molecule is [LiH].[N-]=[N+]=N. The van der Waals surface area contributed by atoms with Gasteiger partial charge in [-0.15, -0.1) is 5.53 Å². The first-order valence-corrected chi connectivity index (χ1v) is 0.424. The average Bonchev–Trinajstić information content (AvgIpc) is 0.918. The summed E-state index contributed by atoms with van der Waals surface area (Å²) >= 11 is 0. The molecule has 4 heavy (non-hydrogen) atoms. The summed E-state index contributed by atoms with van der Waals surface area (Å²) < 4.78 is 0. The zero-order valence-corrected chi connectivity index (χ0v) is 1.39. The van der Waals surface area contributed by atoms with Crippen molar-refractivity contribution >= 4 is 18.9 Å². The van der Waals surface area contributed by atoms with E-state index in [0.717, 1.165) is 0 Å². The number of nitrogens with one attached hydrogen (secondary N) is 1. The molecule has 0 aliphatic heterocycles. The van der Waals surface area contributed by atoms with Gasteiger partial charge in [0.05, 0.1) is 0 Å². The molecule has 0 aliphatic rings. The second-order valence-corrected chi connectivity index (χ2v) is 0.100. The maximum atomic E-state index is 6.86. The average molecular weight is 51.0 g/mol. The fourth-order valence-corrected chi connectivity index (χ4v) is 0. The smallest absolute Gasteiger partial charge is 0.00208 e. The van der Waals surface area contributed by atoms with Crippen LogP contribution >= 0.6 is 0 Å². The third-order valence-electron chi connectivity index (χ3n) is 0. The van der Waals surface area contributed by atoms with Gasteiger partial charge in [-0.2, -0.15) is 0 Å². The van der Waals surface area contributed by atoms with Gasteiger partial charge in [0, 0.05) is 0 Å². The fraction of sp³-hybridized carbons (Fsp3) is 0. The number of hydrogen-bond acceptors (Lipinski definition) is 1. The van der Waals surface area contributed by atoms with Crippen LogP contribution in [0.5, 0.6) is 0 Å². The van der Waals surface area contributed by atoms with Crippen LogP contribution in [0.15, 0.2) is 0 Å². The molecule has 0 saturated carbocycles. The Hall–Kier alpha value is -0.0926. The third kappa shape index (κ3) is 183. The summed E-state index contributed by atoms with van der Waals surface area (Å²) in [6.45, 7) is 0. The fourth-order valence-electron chi connectivity index (χ4n) is 0. The van der Waals surface area contributed by atoms with Crippen molar-refractivity contribution in [3.8, 4) is 0 Å². The van der Waals surface area contributed by atoms with Crippen molar-refractivity contribution in [2.75, 3.05) is 0 Å². The summed E-state index contributed by atoms with van der Waals surface area (Å²) in [7, 11) is 0. The van der Waals surface area contributed by atoms with Crippen LogP contribution in [-0.4, -0.2) is 18.9 Å². The molecule has 0 aromatic heterocycles. The van der Waals surface area contributed by atoms with E-state index < -0.39 is 0 Å². The number of rotatable bonds is 0. The molecule has 18 valence electrons. The van der Waals surface area contributed by atoms with E-state index in [1.807, 2.05) is 0 Å². The Kier molecular flexibility index (Phi) is 29.2. The topological polar surface area (TPSA) is 60.3 Å². The van der Waals surface area contributed by atoms with Gasteiger partial charge in [-0.3, -0.25) is 0 Å². The minimum Gasteiger partial charge on any atom is -0.108 e. The standard InChI is InChI=1S/Li.HN3.H/c;1-3-2;/h;1H;. The molecule has 0 aromatic carbocycles. The molecule has 0 aliphatic carbocycles. The van der Waals surface area contributed by atoms with Gasteiger partial charge in [0.25, 0.3) is 0 Å². The van der Waals surface area contributed by atoms with Crippen molar-refractivity contribution in [1.29, 1.82) is 5.53 Å². The summed E-state index contributed by atoms with van der Waals surface area (Å²) in [6, 6.07) is 0. The van der Waals surface area contributed by atoms with Crippen molar-refractivity contribution in [2.45, 2.75) is 0 Å². The van der Waals surface area contributed by atoms with Crippen LogP contribution in [0.1, 0.15) is 0 Å². The molecule has 4 heteroatoms. The zero-order chi connectivity index (χ0) is 2.71. The quantitative estimate of drug-likeness (QED) is 0.177. The summed E-state index contributed by atoms with van der Waals surface area (Å²) in [5.74, 6) is 0. The maximum absolute atomic E-state index is 6.86. The first-order chi connectivity index (χ1) is 1.41. The summed E-state index contributed by atoms with van der Waals surface area (Å²) in [5.41, 5.74) is 12.2. The van der Waals surface area contributed by atoms with Gasteiger partial charge in [-0.1, -0.05) is 0 Å². The zero-order valence-electron chi connectivity index (χ0n) is 1.39. The first kappa shape index (κ1) is 9.08. The third-order valence-corrected chi connectivity index (χ3v) is 0. The number of hydrogen-bond donors (Lipinski definition) is 1. The van der Waals surface area contributed by atoms with Crippen LogP contribution < -0.4 is 0 Å². The second kappa shape index (κ2) is 12.8. The number of nitrogens with zero attached hydrogens (tertiary/aromatic N) is 2. The van der Waals surface area contributed by atoms with Crippen LogP contribution in [-0.2, 0) is 0 Å². The predicted molar refractivity (Wildman–Crippen MR) is 16.6 cm³/mol. The molecule has 0 radical (unpaired) electrons. The molecule has 0 aromatic rings.